The first-order valence-corrected chi connectivity index (χ1v) is 9.19. The number of benzene rings is 3. The molecule has 1 aliphatic rings. The van der Waals surface area contributed by atoms with E-state index in [-0.39, 0.29) is 11.5 Å². The van der Waals surface area contributed by atoms with E-state index in [0.29, 0.717) is 5.56 Å². The van der Waals surface area contributed by atoms with Crippen LogP contribution in [0.2, 0.25) is 0 Å². The Morgan fingerprint density at radius 2 is 1.67 bits per heavy atom. The molecule has 5 heteroatoms. The van der Waals surface area contributed by atoms with Crippen LogP contribution in [0.25, 0.3) is 10.8 Å². The Morgan fingerprint density at radius 1 is 0.889 bits per heavy atom. The largest absolute Gasteiger partial charge is 0.508 e. The second-order valence-corrected chi connectivity index (χ2v) is 6.86. The van der Waals surface area contributed by atoms with Crippen LogP contribution in [0.4, 0.5) is 0 Å². The monoisotopic (exact) mass is 361 g/mol. The molecule has 138 valence electrons. The van der Waals surface area contributed by atoms with Crippen molar-refractivity contribution in [3.8, 4) is 11.5 Å². The number of hydrazone groups is 1. The molecule has 0 unspecified atom stereocenters. The second kappa shape index (κ2) is 7.68. The van der Waals surface area contributed by atoms with E-state index in [1.807, 2.05) is 5.01 Å². The van der Waals surface area contributed by atoms with Gasteiger partial charge in [-0.3, -0.25) is 9.91 Å². The van der Waals surface area contributed by atoms with Crippen molar-refractivity contribution in [3.63, 3.8) is 0 Å². The first-order valence-electron chi connectivity index (χ1n) is 9.19. The van der Waals surface area contributed by atoms with E-state index in [0.717, 1.165) is 32.7 Å². The van der Waals surface area contributed by atoms with Crippen molar-refractivity contribution in [3.05, 3.63) is 71.8 Å². The zero-order chi connectivity index (χ0) is 18.6. The summed E-state index contributed by atoms with van der Waals surface area (Å²) in [4.78, 5) is 2.45. The molecule has 1 fully saturated rings. The van der Waals surface area contributed by atoms with Gasteiger partial charge in [0, 0.05) is 44.4 Å². The summed E-state index contributed by atoms with van der Waals surface area (Å²) >= 11 is 0. The van der Waals surface area contributed by atoms with Crippen molar-refractivity contribution in [1.82, 2.24) is 9.91 Å². The Labute approximate surface area is 158 Å². The third-order valence-corrected chi connectivity index (χ3v) is 5.00. The van der Waals surface area contributed by atoms with Crippen molar-refractivity contribution < 1.29 is 10.2 Å². The molecule has 0 aliphatic carbocycles. The molecule has 0 saturated carbocycles. The highest BCUT2D eigenvalue weighted by Gasteiger charge is 2.16. The second-order valence-electron chi connectivity index (χ2n) is 6.86. The van der Waals surface area contributed by atoms with Crippen LogP contribution in [0.1, 0.15) is 11.1 Å². The van der Waals surface area contributed by atoms with E-state index in [1.165, 1.54) is 22.4 Å². The Bertz CT molecular complexity index is 957. The number of hydrogen-bond donors (Lipinski definition) is 2. The van der Waals surface area contributed by atoms with Gasteiger partial charge >= 0.3 is 0 Å². The van der Waals surface area contributed by atoms with Crippen molar-refractivity contribution in [2.75, 3.05) is 26.2 Å². The molecule has 0 bridgehead atoms. The van der Waals surface area contributed by atoms with Gasteiger partial charge in [-0.05, 0) is 28.5 Å². The SMILES string of the molecule is Oc1ccc(/C=N\N2CCN(Cc3cccc4ccccc34)CC2)c(O)c1. The maximum Gasteiger partial charge on any atom is 0.128 e. The van der Waals surface area contributed by atoms with E-state index in [2.05, 4.69) is 52.5 Å². The van der Waals surface area contributed by atoms with Crippen LogP contribution in [0, 0.1) is 0 Å². The fourth-order valence-electron chi connectivity index (χ4n) is 3.47. The number of fused-ring (bicyclic) bond motifs is 1. The summed E-state index contributed by atoms with van der Waals surface area (Å²) in [5.41, 5.74) is 1.96. The lowest BCUT2D eigenvalue weighted by Crippen LogP contribution is -2.43. The number of nitrogens with zero attached hydrogens (tertiary/aromatic N) is 3. The highest BCUT2D eigenvalue weighted by Crippen LogP contribution is 2.22. The summed E-state index contributed by atoms with van der Waals surface area (Å²) < 4.78 is 0. The molecule has 2 N–H and O–H groups in total. The molecular weight excluding hydrogens is 338 g/mol. The fourth-order valence-corrected chi connectivity index (χ4v) is 3.47. The molecule has 1 saturated heterocycles. The standard InChI is InChI=1S/C22H23N3O2/c26-20-9-8-18(22(27)14-20)15-23-25-12-10-24(11-13-25)16-19-6-3-5-17-4-1-2-7-21(17)19/h1-9,14-15,26-27H,10-13,16H2/b23-15-. The molecule has 1 heterocycles. The van der Waals surface area contributed by atoms with Crippen molar-refractivity contribution >= 4 is 17.0 Å². The fraction of sp³-hybridized carbons (Fsp3) is 0.227. The van der Waals surface area contributed by atoms with Gasteiger partial charge in [0.2, 0.25) is 0 Å². The summed E-state index contributed by atoms with van der Waals surface area (Å²) in [6.07, 6.45) is 1.65. The van der Waals surface area contributed by atoms with E-state index >= 15 is 0 Å². The van der Waals surface area contributed by atoms with Crippen molar-refractivity contribution in [1.29, 1.82) is 0 Å². The molecule has 0 atom stereocenters. The number of rotatable bonds is 4. The van der Waals surface area contributed by atoms with Crippen LogP contribution in [0.3, 0.4) is 0 Å². The molecule has 3 aromatic rings. The first kappa shape index (κ1) is 17.4. The molecule has 3 aromatic carbocycles. The van der Waals surface area contributed by atoms with Gasteiger partial charge in [-0.2, -0.15) is 5.10 Å². The van der Waals surface area contributed by atoms with Crippen LogP contribution in [-0.4, -0.2) is 52.5 Å². The van der Waals surface area contributed by atoms with E-state index in [4.69, 9.17) is 0 Å². The highest BCUT2D eigenvalue weighted by molar-refractivity contribution is 5.85. The lowest BCUT2D eigenvalue weighted by atomic mass is 10.0. The maximum absolute atomic E-state index is 9.84. The third-order valence-electron chi connectivity index (χ3n) is 5.00. The van der Waals surface area contributed by atoms with E-state index < -0.39 is 0 Å². The summed E-state index contributed by atoms with van der Waals surface area (Å²) in [5, 5.41) is 28.3. The average Bonchev–Trinajstić information content (AvgIpc) is 2.69. The Morgan fingerprint density at radius 3 is 2.48 bits per heavy atom. The molecular formula is C22H23N3O2. The van der Waals surface area contributed by atoms with Gasteiger partial charge in [-0.25, -0.2) is 0 Å². The lowest BCUT2D eigenvalue weighted by Gasteiger charge is -2.33. The number of hydrogen-bond acceptors (Lipinski definition) is 5. The summed E-state index contributed by atoms with van der Waals surface area (Å²) in [7, 11) is 0. The predicted molar refractivity (Wildman–Crippen MR) is 108 cm³/mol. The van der Waals surface area contributed by atoms with E-state index in [9.17, 15) is 10.2 Å². The van der Waals surface area contributed by atoms with Gasteiger partial charge < -0.3 is 10.2 Å². The van der Waals surface area contributed by atoms with Crippen LogP contribution in [-0.2, 0) is 6.54 Å². The number of phenolic OH excluding ortho intramolecular Hbond substituents is 2. The van der Waals surface area contributed by atoms with Gasteiger partial charge in [-0.1, -0.05) is 42.5 Å². The number of piperazine rings is 1. The topological polar surface area (TPSA) is 59.3 Å². The maximum atomic E-state index is 9.84. The number of phenols is 2. The zero-order valence-corrected chi connectivity index (χ0v) is 15.1. The minimum absolute atomic E-state index is 0.0355. The summed E-state index contributed by atoms with van der Waals surface area (Å²) in [5.74, 6) is 0.0834. The molecule has 1 aliphatic heterocycles. The zero-order valence-electron chi connectivity index (χ0n) is 15.1. The molecule has 27 heavy (non-hydrogen) atoms. The molecule has 0 radical (unpaired) electrons. The van der Waals surface area contributed by atoms with Crippen molar-refractivity contribution in [2.45, 2.75) is 6.54 Å². The van der Waals surface area contributed by atoms with Crippen LogP contribution < -0.4 is 0 Å². The quantitative estimate of drug-likeness (QED) is 0.699. The lowest BCUT2D eigenvalue weighted by molar-refractivity contribution is 0.131. The van der Waals surface area contributed by atoms with Gasteiger partial charge in [0.1, 0.15) is 11.5 Å². The molecule has 0 spiro atoms. The van der Waals surface area contributed by atoms with E-state index in [1.54, 1.807) is 18.3 Å². The molecule has 0 amide bonds. The van der Waals surface area contributed by atoms with Gasteiger partial charge in [0.15, 0.2) is 0 Å². The van der Waals surface area contributed by atoms with Gasteiger partial charge in [-0.15, -0.1) is 0 Å². The average molecular weight is 361 g/mol. The Kier molecular flexibility index (Phi) is 4.94. The molecule has 5 nitrogen and oxygen atoms in total. The van der Waals surface area contributed by atoms with Crippen LogP contribution >= 0.6 is 0 Å². The van der Waals surface area contributed by atoms with Crippen LogP contribution in [0.15, 0.2) is 65.8 Å². The molecule has 0 aromatic heterocycles. The number of aromatic hydroxyl groups is 2. The van der Waals surface area contributed by atoms with Gasteiger partial charge in [0.05, 0.1) is 6.21 Å². The van der Waals surface area contributed by atoms with Crippen molar-refractivity contribution in [2.24, 2.45) is 5.10 Å². The predicted octanol–water partition coefficient (Wildman–Crippen LogP) is 3.40. The molecule has 4 rings (SSSR count). The highest BCUT2D eigenvalue weighted by atomic mass is 16.3. The minimum atomic E-state index is 0.0355. The van der Waals surface area contributed by atoms with Crippen LogP contribution in [0.5, 0.6) is 11.5 Å². The normalized spacial score (nSPS) is 15.6. The first-order chi connectivity index (χ1) is 13.2. The summed E-state index contributed by atoms with van der Waals surface area (Å²) in [6, 6.07) is 19.5. The Balaban J connectivity index is 1.37. The Hall–Kier alpha value is -3.05. The summed E-state index contributed by atoms with van der Waals surface area (Å²) in [6.45, 7) is 4.53. The third kappa shape index (κ3) is 4.04. The smallest absolute Gasteiger partial charge is 0.128 e. The minimum Gasteiger partial charge on any atom is -0.508 e. The van der Waals surface area contributed by atoms with Gasteiger partial charge in [0.25, 0.3) is 0 Å².